The molecule has 1 aromatic rings. The van der Waals surface area contributed by atoms with E-state index in [0.717, 1.165) is 12.1 Å². The molecule has 0 saturated heterocycles. The molecule has 0 aliphatic heterocycles. The average molecular weight is 233 g/mol. The Morgan fingerprint density at radius 1 is 1.56 bits per heavy atom. The Labute approximate surface area is 87.2 Å². The lowest BCUT2D eigenvalue weighted by atomic mass is 10.3. The van der Waals surface area contributed by atoms with E-state index in [9.17, 15) is 23.7 Å². The number of hydrogen-bond acceptors (Lipinski definition) is 4. The number of hydrogen-bond donors (Lipinski definition) is 1. The van der Waals surface area contributed by atoms with Crippen molar-refractivity contribution in [2.24, 2.45) is 0 Å². The quantitative estimate of drug-likeness (QED) is 0.628. The lowest BCUT2D eigenvalue weighted by molar-refractivity contribution is -0.387. The molecule has 0 aliphatic rings. The van der Waals surface area contributed by atoms with Gasteiger partial charge in [-0.25, -0.2) is 4.79 Å². The van der Waals surface area contributed by atoms with Crippen molar-refractivity contribution in [3.63, 3.8) is 0 Å². The number of nitro groups is 1. The number of aliphatic carboxylic acids is 1. The number of alkyl halides is 1. The molecule has 6 nitrogen and oxygen atoms in total. The second-order valence-electron chi connectivity index (χ2n) is 2.64. The number of halogens is 2. The fourth-order valence-corrected chi connectivity index (χ4v) is 0.879. The fourth-order valence-electron chi connectivity index (χ4n) is 0.879. The standard InChI is InChI=1S/C8H5F2NO5/c9-5-3-4(16-7(10)8(12)13)1-2-6(5)11(14)15/h1-3,7H,(H,12,13). The molecule has 1 rings (SSSR count). The van der Waals surface area contributed by atoms with Gasteiger partial charge in [0.25, 0.3) is 0 Å². The second-order valence-corrected chi connectivity index (χ2v) is 2.64. The van der Waals surface area contributed by atoms with Crippen molar-refractivity contribution < 1.29 is 28.3 Å². The molecule has 0 saturated carbocycles. The number of carboxylic acids is 1. The van der Waals surface area contributed by atoms with Gasteiger partial charge in [0.05, 0.1) is 4.92 Å². The summed E-state index contributed by atoms with van der Waals surface area (Å²) in [4.78, 5) is 19.3. The van der Waals surface area contributed by atoms with Crippen LogP contribution in [0.4, 0.5) is 14.5 Å². The predicted octanol–water partition coefficient (Wildman–Crippen LogP) is 1.49. The Morgan fingerprint density at radius 3 is 2.62 bits per heavy atom. The topological polar surface area (TPSA) is 89.7 Å². The van der Waals surface area contributed by atoms with Crippen molar-refractivity contribution in [1.29, 1.82) is 0 Å². The van der Waals surface area contributed by atoms with Crippen LogP contribution in [-0.2, 0) is 4.79 Å². The van der Waals surface area contributed by atoms with Gasteiger partial charge in [-0.1, -0.05) is 0 Å². The molecule has 1 atom stereocenters. The van der Waals surface area contributed by atoms with E-state index in [0.29, 0.717) is 6.07 Å². The first-order valence-corrected chi connectivity index (χ1v) is 3.89. The molecule has 0 spiro atoms. The van der Waals surface area contributed by atoms with E-state index in [1.165, 1.54) is 0 Å². The van der Waals surface area contributed by atoms with Crippen LogP contribution in [0.2, 0.25) is 0 Å². The Bertz CT molecular complexity index is 436. The Kier molecular flexibility index (Phi) is 3.33. The van der Waals surface area contributed by atoms with Crippen LogP contribution >= 0.6 is 0 Å². The summed E-state index contributed by atoms with van der Waals surface area (Å²) in [5.74, 6) is -3.56. The smallest absolute Gasteiger partial charge is 0.378 e. The average Bonchev–Trinajstić information content (AvgIpc) is 2.16. The maximum absolute atomic E-state index is 13.0. The van der Waals surface area contributed by atoms with Crippen LogP contribution in [0.25, 0.3) is 0 Å². The first kappa shape index (κ1) is 11.8. The third-order valence-corrected chi connectivity index (χ3v) is 1.55. The van der Waals surface area contributed by atoms with Gasteiger partial charge in [-0.3, -0.25) is 10.1 Å². The highest BCUT2D eigenvalue weighted by Crippen LogP contribution is 2.23. The molecule has 0 amide bonds. The maximum atomic E-state index is 13.0. The highest BCUT2D eigenvalue weighted by atomic mass is 19.1. The van der Waals surface area contributed by atoms with Crippen LogP contribution < -0.4 is 4.74 Å². The number of ether oxygens (including phenoxy) is 1. The highest BCUT2D eigenvalue weighted by molar-refractivity contribution is 5.70. The monoisotopic (exact) mass is 233 g/mol. The van der Waals surface area contributed by atoms with Crippen LogP contribution in [0.3, 0.4) is 0 Å². The van der Waals surface area contributed by atoms with Gasteiger partial charge >= 0.3 is 18.0 Å². The Hall–Kier alpha value is -2.25. The number of nitrogens with zero attached hydrogens (tertiary/aromatic N) is 1. The van der Waals surface area contributed by atoms with E-state index in [2.05, 4.69) is 4.74 Å². The minimum absolute atomic E-state index is 0.446. The van der Waals surface area contributed by atoms with Crippen LogP contribution in [-0.4, -0.2) is 22.4 Å². The van der Waals surface area contributed by atoms with Gasteiger partial charge in [-0.05, 0) is 6.07 Å². The van der Waals surface area contributed by atoms with Gasteiger partial charge in [-0.15, -0.1) is 0 Å². The van der Waals surface area contributed by atoms with Crippen molar-refractivity contribution in [1.82, 2.24) is 0 Å². The number of nitro benzene ring substituents is 1. The molecule has 0 fully saturated rings. The molecule has 86 valence electrons. The first-order chi connectivity index (χ1) is 7.41. The molecule has 16 heavy (non-hydrogen) atoms. The molecular formula is C8H5F2NO5. The van der Waals surface area contributed by atoms with Gasteiger partial charge in [0.15, 0.2) is 0 Å². The predicted molar refractivity (Wildman–Crippen MR) is 46.2 cm³/mol. The number of carbonyl (C=O) groups is 1. The molecule has 1 unspecified atom stereocenters. The molecule has 1 N–H and O–H groups in total. The van der Waals surface area contributed by atoms with Gasteiger partial charge in [0.1, 0.15) is 5.75 Å². The summed E-state index contributed by atoms with van der Waals surface area (Å²) in [6.45, 7) is 0. The summed E-state index contributed by atoms with van der Waals surface area (Å²) >= 11 is 0. The molecule has 0 aromatic heterocycles. The van der Waals surface area contributed by atoms with E-state index < -0.39 is 34.5 Å². The number of rotatable bonds is 4. The highest BCUT2D eigenvalue weighted by Gasteiger charge is 2.20. The summed E-state index contributed by atoms with van der Waals surface area (Å²) in [5, 5.41) is 18.4. The van der Waals surface area contributed by atoms with E-state index in [1.54, 1.807) is 0 Å². The maximum Gasteiger partial charge on any atom is 0.378 e. The molecule has 0 radical (unpaired) electrons. The number of benzene rings is 1. The fraction of sp³-hybridized carbons (Fsp3) is 0.125. The third-order valence-electron chi connectivity index (χ3n) is 1.55. The SMILES string of the molecule is O=C(O)C(F)Oc1ccc([N+](=O)[O-])c(F)c1. The van der Waals surface area contributed by atoms with Crippen molar-refractivity contribution in [3.8, 4) is 5.75 Å². The Balaban J connectivity index is 2.89. The van der Waals surface area contributed by atoms with Gasteiger partial charge in [0, 0.05) is 12.1 Å². The van der Waals surface area contributed by atoms with Crippen LogP contribution in [0.5, 0.6) is 5.75 Å². The normalized spacial score (nSPS) is 11.9. The molecule has 0 bridgehead atoms. The summed E-state index contributed by atoms with van der Waals surface area (Å²) in [6.07, 6.45) is -2.65. The summed E-state index contributed by atoms with van der Waals surface area (Å²) in [7, 11) is 0. The Morgan fingerprint density at radius 2 is 2.19 bits per heavy atom. The largest absolute Gasteiger partial charge is 0.476 e. The van der Waals surface area contributed by atoms with E-state index in [-0.39, 0.29) is 0 Å². The zero-order valence-electron chi connectivity index (χ0n) is 7.59. The van der Waals surface area contributed by atoms with Crippen LogP contribution in [0, 0.1) is 15.9 Å². The lowest BCUT2D eigenvalue weighted by Crippen LogP contribution is -2.21. The molecule has 1 aromatic carbocycles. The van der Waals surface area contributed by atoms with Gasteiger partial charge in [0.2, 0.25) is 5.82 Å². The van der Waals surface area contributed by atoms with Crippen molar-refractivity contribution in [2.75, 3.05) is 0 Å². The lowest BCUT2D eigenvalue weighted by Gasteiger charge is -2.06. The second kappa shape index (κ2) is 4.51. The van der Waals surface area contributed by atoms with E-state index in [4.69, 9.17) is 5.11 Å². The van der Waals surface area contributed by atoms with Crippen molar-refractivity contribution >= 4 is 11.7 Å². The van der Waals surface area contributed by atoms with Crippen LogP contribution in [0.1, 0.15) is 0 Å². The zero-order valence-corrected chi connectivity index (χ0v) is 7.59. The van der Waals surface area contributed by atoms with Crippen LogP contribution in [0.15, 0.2) is 18.2 Å². The first-order valence-electron chi connectivity index (χ1n) is 3.89. The summed E-state index contributed by atoms with van der Waals surface area (Å²) < 4.78 is 29.6. The van der Waals surface area contributed by atoms with E-state index >= 15 is 0 Å². The molecule has 8 heteroatoms. The minimum Gasteiger partial charge on any atom is -0.476 e. The van der Waals surface area contributed by atoms with Crippen molar-refractivity contribution in [3.05, 3.63) is 34.1 Å². The van der Waals surface area contributed by atoms with Gasteiger partial charge in [-0.2, -0.15) is 8.78 Å². The van der Waals surface area contributed by atoms with E-state index in [1.807, 2.05) is 0 Å². The third kappa shape index (κ3) is 2.62. The molecule has 0 heterocycles. The summed E-state index contributed by atoms with van der Waals surface area (Å²) in [5.41, 5.74) is -0.807. The summed E-state index contributed by atoms with van der Waals surface area (Å²) in [6, 6.07) is 2.18. The molecule has 0 aliphatic carbocycles. The minimum atomic E-state index is -2.65. The van der Waals surface area contributed by atoms with Gasteiger partial charge < -0.3 is 9.84 Å². The molecular weight excluding hydrogens is 228 g/mol. The number of carboxylic acid groups (broad SMARTS) is 1. The zero-order chi connectivity index (χ0) is 12.3. The van der Waals surface area contributed by atoms with Crippen molar-refractivity contribution in [2.45, 2.75) is 6.36 Å².